The Labute approximate surface area is 159 Å². The van der Waals surface area contributed by atoms with Crippen molar-refractivity contribution in [3.63, 3.8) is 0 Å². The van der Waals surface area contributed by atoms with E-state index in [0.717, 1.165) is 12.1 Å². The lowest BCUT2D eigenvalue weighted by molar-refractivity contribution is -0.144. The number of nitrogens with zero attached hydrogens (tertiary/aromatic N) is 4. The zero-order valence-electron chi connectivity index (χ0n) is 16.7. The summed E-state index contributed by atoms with van der Waals surface area (Å²) in [5.74, 6) is -0.898. The minimum atomic E-state index is -0.650. The van der Waals surface area contributed by atoms with Gasteiger partial charge in [-0.25, -0.2) is 0 Å². The van der Waals surface area contributed by atoms with Gasteiger partial charge in [-0.1, -0.05) is 12.2 Å². The Hall–Kier alpha value is -2.15. The molecule has 4 rings (SSSR count). The van der Waals surface area contributed by atoms with Crippen LogP contribution in [0.15, 0.2) is 24.5 Å². The number of amides is 2. The Kier molecular flexibility index (Phi) is 4.00. The summed E-state index contributed by atoms with van der Waals surface area (Å²) < 4.78 is 8.04. The zero-order valence-corrected chi connectivity index (χ0v) is 16.7. The second kappa shape index (κ2) is 5.92. The predicted octanol–water partition coefficient (Wildman–Crippen LogP) is 1.44. The van der Waals surface area contributed by atoms with Gasteiger partial charge in [0.05, 0.1) is 30.7 Å². The molecule has 2 amide bonds. The molecule has 2 bridgehead atoms. The van der Waals surface area contributed by atoms with Gasteiger partial charge in [0, 0.05) is 37.4 Å². The van der Waals surface area contributed by atoms with Gasteiger partial charge in [0.1, 0.15) is 5.60 Å². The molecule has 4 atom stereocenters. The highest BCUT2D eigenvalue weighted by atomic mass is 16.5. The molecule has 3 aliphatic rings. The number of hydrogen-bond acceptors (Lipinski definition) is 4. The van der Waals surface area contributed by atoms with E-state index in [0.29, 0.717) is 13.1 Å². The summed E-state index contributed by atoms with van der Waals surface area (Å²) in [5, 5.41) is 4.27. The van der Waals surface area contributed by atoms with Crippen molar-refractivity contribution in [1.29, 1.82) is 0 Å². The fraction of sp³-hybridized carbons (Fsp3) is 0.650. The molecule has 7 heteroatoms. The number of hydrogen-bond donors (Lipinski definition) is 0. The van der Waals surface area contributed by atoms with Crippen molar-refractivity contribution in [1.82, 2.24) is 19.6 Å². The van der Waals surface area contributed by atoms with Gasteiger partial charge >= 0.3 is 0 Å². The molecule has 7 nitrogen and oxygen atoms in total. The molecule has 2 fully saturated rings. The zero-order chi connectivity index (χ0) is 19.6. The van der Waals surface area contributed by atoms with Gasteiger partial charge in [-0.3, -0.25) is 14.3 Å². The monoisotopic (exact) mass is 372 g/mol. The van der Waals surface area contributed by atoms with Gasteiger partial charge in [0.15, 0.2) is 0 Å². The molecular formula is C20H28N4O3. The molecular weight excluding hydrogens is 344 g/mol. The van der Waals surface area contributed by atoms with Crippen molar-refractivity contribution in [2.75, 3.05) is 13.6 Å². The smallest absolute Gasteiger partial charge is 0.230 e. The first-order valence-electron chi connectivity index (χ1n) is 9.61. The summed E-state index contributed by atoms with van der Waals surface area (Å²) in [5.41, 5.74) is 0.0410. The van der Waals surface area contributed by atoms with Gasteiger partial charge in [0.25, 0.3) is 0 Å². The minimum absolute atomic E-state index is 0.0277. The third-order valence-electron chi connectivity index (χ3n) is 6.00. The standard InChI is InChI=1S/C20H28N4O3/c1-6-23-11-13(9-21-23)10-22(5)17(25)15-14-7-8-20(27-14)12-24(19(2,3)4)18(26)16(15)20/h7-9,11,14-16H,6,10,12H2,1-5H3/t14-,15?,16?,20-/m0/s1. The van der Waals surface area contributed by atoms with Crippen LogP contribution in [0.25, 0.3) is 0 Å². The number of carbonyl (C=O) groups is 2. The van der Waals surface area contributed by atoms with Crippen molar-refractivity contribution in [3.05, 3.63) is 30.1 Å². The molecule has 146 valence electrons. The molecule has 2 unspecified atom stereocenters. The van der Waals surface area contributed by atoms with E-state index in [1.54, 1.807) is 18.1 Å². The van der Waals surface area contributed by atoms with Crippen LogP contribution in [-0.4, -0.2) is 62.2 Å². The number of rotatable bonds is 4. The van der Waals surface area contributed by atoms with Gasteiger partial charge in [0.2, 0.25) is 11.8 Å². The SMILES string of the molecule is CCn1cc(CN(C)C(=O)C2C3C(=O)N(C(C)(C)C)C[C@@]34C=C[C@@H]2O4)cn1. The van der Waals surface area contributed by atoms with Crippen LogP contribution in [0, 0.1) is 11.8 Å². The predicted molar refractivity (Wildman–Crippen MR) is 99.6 cm³/mol. The molecule has 1 spiro atoms. The molecule has 0 aromatic carbocycles. The van der Waals surface area contributed by atoms with Gasteiger partial charge < -0.3 is 14.5 Å². The summed E-state index contributed by atoms with van der Waals surface area (Å²) in [7, 11) is 1.79. The Bertz CT molecular complexity index is 808. The van der Waals surface area contributed by atoms with Crippen LogP contribution >= 0.6 is 0 Å². The molecule has 27 heavy (non-hydrogen) atoms. The molecule has 1 aromatic heterocycles. The average molecular weight is 372 g/mol. The number of aromatic nitrogens is 2. The third-order valence-corrected chi connectivity index (χ3v) is 6.00. The van der Waals surface area contributed by atoms with Crippen molar-refractivity contribution in [2.24, 2.45) is 11.8 Å². The van der Waals surface area contributed by atoms with Gasteiger partial charge in [-0.05, 0) is 27.7 Å². The summed E-state index contributed by atoms with van der Waals surface area (Å²) in [4.78, 5) is 30.0. The van der Waals surface area contributed by atoms with Crippen LogP contribution in [0.5, 0.6) is 0 Å². The highest BCUT2D eigenvalue weighted by molar-refractivity contribution is 5.93. The first-order chi connectivity index (χ1) is 12.7. The Morgan fingerprint density at radius 3 is 2.81 bits per heavy atom. The maximum Gasteiger partial charge on any atom is 0.230 e. The fourth-order valence-electron chi connectivity index (χ4n) is 4.62. The molecule has 1 aromatic rings. The summed E-state index contributed by atoms with van der Waals surface area (Å²) in [6, 6.07) is 0. The van der Waals surface area contributed by atoms with Crippen molar-refractivity contribution < 1.29 is 14.3 Å². The van der Waals surface area contributed by atoms with Gasteiger partial charge in [-0.15, -0.1) is 0 Å². The maximum atomic E-state index is 13.3. The van der Waals surface area contributed by atoms with Crippen LogP contribution in [0.2, 0.25) is 0 Å². The third kappa shape index (κ3) is 2.71. The van der Waals surface area contributed by atoms with E-state index in [9.17, 15) is 9.59 Å². The summed E-state index contributed by atoms with van der Waals surface area (Å²) >= 11 is 0. The van der Waals surface area contributed by atoms with Crippen LogP contribution in [0.1, 0.15) is 33.3 Å². The minimum Gasteiger partial charge on any atom is -0.360 e. The second-order valence-corrected chi connectivity index (χ2v) is 8.89. The fourth-order valence-corrected chi connectivity index (χ4v) is 4.62. The van der Waals surface area contributed by atoms with Crippen LogP contribution in [0.4, 0.5) is 0 Å². The molecule has 0 radical (unpaired) electrons. The van der Waals surface area contributed by atoms with E-state index in [4.69, 9.17) is 4.74 Å². The van der Waals surface area contributed by atoms with Crippen molar-refractivity contribution in [3.8, 4) is 0 Å². The van der Waals surface area contributed by atoms with Crippen LogP contribution in [0.3, 0.4) is 0 Å². The van der Waals surface area contributed by atoms with E-state index >= 15 is 0 Å². The lowest BCUT2D eigenvalue weighted by atomic mass is 9.76. The summed E-state index contributed by atoms with van der Waals surface area (Å²) in [6.07, 6.45) is 7.38. The normalized spacial score (nSPS) is 31.7. The van der Waals surface area contributed by atoms with Gasteiger partial charge in [-0.2, -0.15) is 5.10 Å². The average Bonchev–Trinajstić information content (AvgIpc) is 3.34. The Morgan fingerprint density at radius 1 is 1.44 bits per heavy atom. The highest BCUT2D eigenvalue weighted by Crippen LogP contribution is 2.53. The van der Waals surface area contributed by atoms with E-state index in [1.807, 2.05) is 55.6 Å². The highest BCUT2D eigenvalue weighted by Gasteiger charge is 2.68. The molecule has 0 saturated carbocycles. The quantitative estimate of drug-likeness (QED) is 0.750. The molecule has 3 aliphatic heterocycles. The topological polar surface area (TPSA) is 67.7 Å². The number of likely N-dealkylation sites (tertiary alicyclic amines) is 1. The van der Waals surface area contributed by atoms with E-state index in [1.165, 1.54) is 0 Å². The van der Waals surface area contributed by atoms with E-state index < -0.39 is 17.4 Å². The van der Waals surface area contributed by atoms with Crippen molar-refractivity contribution >= 4 is 11.8 Å². The number of carbonyl (C=O) groups excluding carboxylic acids is 2. The molecule has 4 heterocycles. The lowest BCUT2D eigenvalue weighted by Gasteiger charge is -2.34. The molecule has 2 saturated heterocycles. The van der Waals surface area contributed by atoms with E-state index in [2.05, 4.69) is 5.10 Å². The largest absolute Gasteiger partial charge is 0.360 e. The first-order valence-corrected chi connectivity index (χ1v) is 9.61. The molecule has 0 aliphatic carbocycles. The number of fused-ring (bicyclic) bond motifs is 1. The van der Waals surface area contributed by atoms with Crippen LogP contribution < -0.4 is 0 Å². The number of ether oxygens (including phenoxy) is 1. The Balaban J connectivity index is 1.56. The molecule has 0 N–H and O–H groups in total. The van der Waals surface area contributed by atoms with E-state index in [-0.39, 0.29) is 23.5 Å². The first kappa shape index (κ1) is 18.2. The Morgan fingerprint density at radius 2 is 2.19 bits per heavy atom. The second-order valence-electron chi connectivity index (χ2n) is 8.89. The maximum absolute atomic E-state index is 13.3. The van der Waals surface area contributed by atoms with Crippen molar-refractivity contribution in [2.45, 2.75) is 58.0 Å². The number of aryl methyl sites for hydroxylation is 1. The van der Waals surface area contributed by atoms with Crippen LogP contribution in [-0.2, 0) is 27.4 Å². The lowest BCUT2D eigenvalue weighted by Crippen LogP contribution is -2.47. The summed E-state index contributed by atoms with van der Waals surface area (Å²) in [6.45, 7) is 9.87.